The Bertz CT molecular complexity index is 1560. The first kappa shape index (κ1) is 40.7. The minimum Gasteiger partial charge on any atom is -0.310 e. The van der Waals surface area contributed by atoms with E-state index in [0.29, 0.717) is 23.8 Å². The van der Waals surface area contributed by atoms with E-state index in [1.165, 1.54) is 39.0 Å². The first-order valence-corrected chi connectivity index (χ1v) is 19.2. The first-order valence-electron chi connectivity index (χ1n) is 15.2. The van der Waals surface area contributed by atoms with Crippen LogP contribution in [0.3, 0.4) is 0 Å². The molecule has 2 aromatic heterocycles. The highest BCUT2D eigenvalue weighted by atomic mass is 32.2. The summed E-state index contributed by atoms with van der Waals surface area (Å²) in [6, 6.07) is 1.78. The highest BCUT2D eigenvalue weighted by Crippen LogP contribution is 2.30. The van der Waals surface area contributed by atoms with Crippen LogP contribution in [0, 0.1) is 0 Å². The molecule has 2 atom stereocenters. The van der Waals surface area contributed by atoms with Crippen LogP contribution >= 0.6 is 11.3 Å². The highest BCUT2D eigenvalue weighted by molar-refractivity contribution is 7.94. The largest absolute Gasteiger partial charge is 0.310 e. The van der Waals surface area contributed by atoms with Crippen LogP contribution in [0.5, 0.6) is 0 Å². The molecule has 14 heteroatoms. The second kappa shape index (κ2) is 14.2. The Balaban J connectivity index is 0.000000450. The number of aromatic nitrogens is 3. The summed E-state index contributed by atoms with van der Waals surface area (Å²) >= 11 is 1.31. The van der Waals surface area contributed by atoms with E-state index in [9.17, 15) is 26.4 Å². The minimum absolute atomic E-state index is 0.113. The smallest absolute Gasteiger partial charge is 0.247 e. The fourth-order valence-corrected chi connectivity index (χ4v) is 8.28. The number of sulfone groups is 2. The number of nitrogens with zero attached hydrogens (tertiary/aromatic N) is 3. The fourth-order valence-electron chi connectivity index (χ4n) is 3.84. The number of aryl methyl sites for hydroxylation is 1. The summed E-state index contributed by atoms with van der Waals surface area (Å²) < 4.78 is 48.7. The van der Waals surface area contributed by atoms with Crippen molar-refractivity contribution in [2.75, 3.05) is 10.6 Å². The van der Waals surface area contributed by atoms with Gasteiger partial charge in [0, 0.05) is 29.3 Å². The second-order valence-electron chi connectivity index (χ2n) is 14.5. The Hall–Kier alpha value is -2.32. The fraction of sp³-hybridized carbons (Fsp3) is 0.742. The number of anilines is 2. The third-order valence-electron chi connectivity index (χ3n) is 8.11. The van der Waals surface area contributed by atoms with E-state index in [-0.39, 0.29) is 10.8 Å². The van der Waals surface area contributed by atoms with Gasteiger partial charge in [0.1, 0.15) is 15.3 Å². The minimum atomic E-state index is -3.58. The maximum Gasteiger partial charge on any atom is 0.247 e. The molecular formula is C31H55N5O6S3. The number of hydrogen-bond donors (Lipinski definition) is 2. The van der Waals surface area contributed by atoms with Gasteiger partial charge in [0.15, 0.2) is 24.8 Å². The zero-order valence-corrected chi connectivity index (χ0v) is 32.2. The van der Waals surface area contributed by atoms with Crippen molar-refractivity contribution in [2.24, 2.45) is 7.05 Å². The summed E-state index contributed by atoms with van der Waals surface area (Å²) in [5.41, 5.74) is 1.44. The molecule has 0 aromatic carbocycles. The molecule has 0 saturated carbocycles. The lowest BCUT2D eigenvalue weighted by molar-refractivity contribution is -0.118. The molecule has 0 aliphatic heterocycles. The molecule has 0 aliphatic rings. The van der Waals surface area contributed by atoms with Crippen molar-refractivity contribution < 1.29 is 26.4 Å². The molecule has 0 fully saturated rings. The van der Waals surface area contributed by atoms with Crippen LogP contribution in [-0.4, -0.2) is 63.4 Å². The van der Waals surface area contributed by atoms with E-state index in [4.69, 9.17) is 0 Å². The molecule has 258 valence electrons. The number of amides is 2. The van der Waals surface area contributed by atoms with Gasteiger partial charge < -0.3 is 10.6 Å². The standard InChI is InChI=1S/C16H29N3O3S.C15H26N2O3S2/c1-9-11(2)23(21,22)16(6,7)14(20)17-13-10-12(15(3,4)5)18-19(13)8;1-8-10(2)22(19,20)15(6,7)12(18)17-13-16-11(9-21-13)14(3,4)5/h10-11H,9H2,1-8H3,(H,17,20);9-10H,8H2,1-7H3,(H,16,17,18). The maximum absolute atomic E-state index is 12.6. The summed E-state index contributed by atoms with van der Waals surface area (Å²) in [6.45, 7) is 24.8. The molecule has 2 aromatic rings. The lowest BCUT2D eigenvalue weighted by atomic mass is 9.92. The van der Waals surface area contributed by atoms with Gasteiger partial charge in [0.2, 0.25) is 11.8 Å². The Morgan fingerprint density at radius 1 is 0.778 bits per heavy atom. The van der Waals surface area contributed by atoms with Gasteiger partial charge in [0.25, 0.3) is 0 Å². The van der Waals surface area contributed by atoms with E-state index in [1.807, 2.05) is 46.9 Å². The summed E-state index contributed by atoms with van der Waals surface area (Å²) in [5, 5.41) is 10.9. The summed E-state index contributed by atoms with van der Waals surface area (Å²) in [5.74, 6) is -0.587. The molecule has 2 heterocycles. The summed E-state index contributed by atoms with van der Waals surface area (Å²) in [4.78, 5) is 29.4. The number of nitrogens with one attached hydrogen (secondary N) is 2. The van der Waals surface area contributed by atoms with Crippen molar-refractivity contribution in [3.8, 4) is 0 Å². The van der Waals surface area contributed by atoms with E-state index in [0.717, 1.165) is 11.4 Å². The Kier molecular flexibility index (Phi) is 12.8. The molecule has 2 amide bonds. The van der Waals surface area contributed by atoms with Crippen LogP contribution in [-0.2, 0) is 47.1 Å². The molecule has 2 rings (SSSR count). The van der Waals surface area contributed by atoms with Gasteiger partial charge in [-0.1, -0.05) is 55.4 Å². The summed E-state index contributed by atoms with van der Waals surface area (Å²) in [6.07, 6.45) is 0.948. The molecule has 2 N–H and O–H groups in total. The Morgan fingerprint density at radius 3 is 1.51 bits per heavy atom. The second-order valence-corrected chi connectivity index (χ2v) is 21.2. The molecule has 11 nitrogen and oxygen atoms in total. The van der Waals surface area contributed by atoms with Gasteiger partial charge in [0.05, 0.1) is 21.9 Å². The monoisotopic (exact) mass is 689 g/mol. The van der Waals surface area contributed by atoms with E-state index < -0.39 is 51.5 Å². The van der Waals surface area contributed by atoms with Crippen LogP contribution in [0.4, 0.5) is 10.9 Å². The van der Waals surface area contributed by atoms with Crippen molar-refractivity contribution in [3.63, 3.8) is 0 Å². The van der Waals surface area contributed by atoms with Gasteiger partial charge in [-0.25, -0.2) is 21.8 Å². The summed E-state index contributed by atoms with van der Waals surface area (Å²) in [7, 11) is -5.43. The third-order valence-corrected chi connectivity index (χ3v) is 14.9. The SMILES string of the molecule is CCC(C)S(=O)(=O)C(C)(C)C(=O)Nc1cc(C(C)(C)C)nn1C.CCC(C)S(=O)(=O)C(C)(C)C(=O)Nc1nc(C(C)(C)C)cs1. The van der Waals surface area contributed by atoms with Gasteiger partial charge in [-0.15, -0.1) is 11.3 Å². The lowest BCUT2D eigenvalue weighted by Crippen LogP contribution is -2.48. The van der Waals surface area contributed by atoms with Crippen LogP contribution in [0.25, 0.3) is 0 Å². The van der Waals surface area contributed by atoms with Crippen molar-refractivity contribution >= 4 is 53.8 Å². The van der Waals surface area contributed by atoms with Crippen LogP contribution in [0.2, 0.25) is 0 Å². The van der Waals surface area contributed by atoms with Gasteiger partial charge in [-0.3, -0.25) is 14.3 Å². The highest BCUT2D eigenvalue weighted by Gasteiger charge is 2.45. The van der Waals surface area contributed by atoms with Crippen LogP contribution in [0.1, 0.15) is 121 Å². The molecular weight excluding hydrogens is 635 g/mol. The van der Waals surface area contributed by atoms with E-state index in [1.54, 1.807) is 45.5 Å². The molecule has 0 spiro atoms. The predicted molar refractivity (Wildman–Crippen MR) is 185 cm³/mol. The number of hydrogen-bond acceptors (Lipinski definition) is 9. The zero-order chi connectivity index (χ0) is 35.6. The molecule has 0 aliphatic carbocycles. The van der Waals surface area contributed by atoms with Crippen molar-refractivity contribution in [2.45, 2.75) is 141 Å². The van der Waals surface area contributed by atoms with Crippen molar-refractivity contribution in [1.82, 2.24) is 14.8 Å². The number of carbonyl (C=O) groups excluding carboxylic acids is 2. The number of rotatable bonds is 10. The topological polar surface area (TPSA) is 157 Å². The predicted octanol–water partition coefficient (Wildman–Crippen LogP) is 6.02. The lowest BCUT2D eigenvalue weighted by Gasteiger charge is -2.26. The normalized spacial score (nSPS) is 14.6. The molecule has 0 bridgehead atoms. The van der Waals surface area contributed by atoms with Crippen LogP contribution in [0.15, 0.2) is 11.4 Å². The molecule has 45 heavy (non-hydrogen) atoms. The Labute approximate surface area is 275 Å². The van der Waals surface area contributed by atoms with Crippen molar-refractivity contribution in [1.29, 1.82) is 0 Å². The first-order chi connectivity index (χ1) is 20.1. The van der Waals surface area contributed by atoms with E-state index >= 15 is 0 Å². The van der Waals surface area contributed by atoms with Crippen LogP contribution < -0.4 is 10.6 Å². The zero-order valence-electron chi connectivity index (χ0n) is 29.7. The maximum atomic E-state index is 12.6. The van der Waals surface area contributed by atoms with E-state index in [2.05, 4.69) is 20.7 Å². The Morgan fingerprint density at radius 2 is 1.18 bits per heavy atom. The quantitative estimate of drug-likeness (QED) is 0.307. The molecule has 0 radical (unpaired) electrons. The van der Waals surface area contributed by atoms with Crippen molar-refractivity contribution in [3.05, 3.63) is 22.8 Å². The molecule has 0 saturated heterocycles. The van der Waals surface area contributed by atoms with Gasteiger partial charge >= 0.3 is 0 Å². The number of carbonyl (C=O) groups is 2. The average molecular weight is 690 g/mol. The molecule has 2 unspecified atom stereocenters. The average Bonchev–Trinajstić information content (AvgIpc) is 3.54. The third kappa shape index (κ3) is 9.15. The van der Waals surface area contributed by atoms with Gasteiger partial charge in [-0.05, 0) is 54.4 Å². The number of thiazole rings is 1. The van der Waals surface area contributed by atoms with Gasteiger partial charge in [-0.2, -0.15) is 5.10 Å².